The van der Waals surface area contributed by atoms with Crippen LogP contribution in [-0.4, -0.2) is 19.1 Å². The molecule has 0 fully saturated rings. The monoisotopic (exact) mass is 275 g/mol. The van der Waals surface area contributed by atoms with Crippen LogP contribution in [0.5, 0.6) is 0 Å². The summed E-state index contributed by atoms with van der Waals surface area (Å²) in [7, 11) is 1.30. The van der Waals surface area contributed by atoms with Crippen molar-refractivity contribution in [3.8, 4) is 0 Å². The molecule has 1 rings (SSSR count). The standard InChI is InChI=1S/C13H16F3NO2/c1-3-10(8-12(18)19-2)17-11-6-4-9(5-7-11)13(14,15)16/h4-7,10,17H,3,8H2,1-2H3. The third-order valence-corrected chi connectivity index (χ3v) is 2.72. The molecule has 1 N–H and O–H groups in total. The van der Waals surface area contributed by atoms with E-state index < -0.39 is 11.7 Å². The van der Waals surface area contributed by atoms with Gasteiger partial charge in [-0.25, -0.2) is 0 Å². The zero-order valence-electron chi connectivity index (χ0n) is 10.8. The molecule has 0 aliphatic carbocycles. The molecule has 0 radical (unpaired) electrons. The van der Waals surface area contributed by atoms with Gasteiger partial charge >= 0.3 is 12.1 Å². The first kappa shape index (κ1) is 15.3. The van der Waals surface area contributed by atoms with E-state index >= 15 is 0 Å². The highest BCUT2D eigenvalue weighted by atomic mass is 19.4. The van der Waals surface area contributed by atoms with Gasteiger partial charge in [0.15, 0.2) is 0 Å². The van der Waals surface area contributed by atoms with Gasteiger partial charge in [-0.1, -0.05) is 6.92 Å². The van der Waals surface area contributed by atoms with Crippen molar-refractivity contribution in [3.05, 3.63) is 29.8 Å². The van der Waals surface area contributed by atoms with Gasteiger partial charge in [-0.2, -0.15) is 13.2 Å². The highest BCUT2D eigenvalue weighted by Crippen LogP contribution is 2.30. The van der Waals surface area contributed by atoms with Crippen molar-refractivity contribution in [2.24, 2.45) is 0 Å². The fourth-order valence-corrected chi connectivity index (χ4v) is 1.57. The summed E-state index contributed by atoms with van der Waals surface area (Å²) in [6.07, 6.45) is -3.50. The van der Waals surface area contributed by atoms with Crippen molar-refractivity contribution >= 4 is 11.7 Å². The number of hydrogen-bond donors (Lipinski definition) is 1. The van der Waals surface area contributed by atoms with Crippen LogP contribution < -0.4 is 5.32 Å². The summed E-state index contributed by atoms with van der Waals surface area (Å²) in [6, 6.07) is 4.55. The van der Waals surface area contributed by atoms with Gasteiger partial charge in [0, 0.05) is 11.7 Å². The number of hydrogen-bond acceptors (Lipinski definition) is 3. The highest BCUT2D eigenvalue weighted by Gasteiger charge is 2.30. The minimum atomic E-state index is -4.34. The van der Waals surface area contributed by atoms with Crippen LogP contribution in [0.25, 0.3) is 0 Å². The van der Waals surface area contributed by atoms with Crippen LogP contribution in [0.3, 0.4) is 0 Å². The fourth-order valence-electron chi connectivity index (χ4n) is 1.57. The first-order valence-corrected chi connectivity index (χ1v) is 5.87. The van der Waals surface area contributed by atoms with Gasteiger partial charge in [-0.15, -0.1) is 0 Å². The summed E-state index contributed by atoms with van der Waals surface area (Å²) >= 11 is 0. The molecule has 0 aromatic heterocycles. The third-order valence-electron chi connectivity index (χ3n) is 2.72. The second-order valence-electron chi connectivity index (χ2n) is 4.10. The van der Waals surface area contributed by atoms with Crippen LogP contribution in [0.1, 0.15) is 25.3 Å². The van der Waals surface area contributed by atoms with Crippen LogP contribution >= 0.6 is 0 Å². The first-order valence-electron chi connectivity index (χ1n) is 5.87. The Morgan fingerprint density at radius 2 is 1.89 bits per heavy atom. The number of nitrogens with one attached hydrogen (secondary N) is 1. The van der Waals surface area contributed by atoms with E-state index in [0.717, 1.165) is 12.1 Å². The highest BCUT2D eigenvalue weighted by molar-refractivity contribution is 5.70. The van der Waals surface area contributed by atoms with E-state index in [1.54, 1.807) is 0 Å². The molecule has 3 nitrogen and oxygen atoms in total. The lowest BCUT2D eigenvalue weighted by molar-refractivity contribution is -0.141. The molecule has 106 valence electrons. The van der Waals surface area contributed by atoms with E-state index in [2.05, 4.69) is 10.1 Å². The number of ether oxygens (including phenoxy) is 1. The summed E-state index contributed by atoms with van der Waals surface area (Å²) in [6.45, 7) is 1.88. The van der Waals surface area contributed by atoms with Crippen molar-refractivity contribution in [3.63, 3.8) is 0 Å². The van der Waals surface area contributed by atoms with Crippen LogP contribution in [0.4, 0.5) is 18.9 Å². The molecule has 0 saturated carbocycles. The smallest absolute Gasteiger partial charge is 0.416 e. The van der Waals surface area contributed by atoms with Gasteiger partial charge in [0.25, 0.3) is 0 Å². The number of alkyl halides is 3. The lowest BCUT2D eigenvalue weighted by atomic mass is 10.1. The molecule has 1 aromatic carbocycles. The Kier molecular flexibility index (Phi) is 5.20. The van der Waals surface area contributed by atoms with Gasteiger partial charge < -0.3 is 10.1 Å². The van der Waals surface area contributed by atoms with Gasteiger partial charge in [-0.3, -0.25) is 4.79 Å². The zero-order chi connectivity index (χ0) is 14.5. The first-order chi connectivity index (χ1) is 8.86. The molecular formula is C13H16F3NO2. The van der Waals surface area contributed by atoms with Crippen molar-refractivity contribution in [2.75, 3.05) is 12.4 Å². The number of esters is 1. The van der Waals surface area contributed by atoms with Crippen molar-refractivity contribution in [1.82, 2.24) is 0 Å². The number of benzene rings is 1. The number of methoxy groups -OCH3 is 1. The van der Waals surface area contributed by atoms with Gasteiger partial charge in [-0.05, 0) is 30.7 Å². The molecule has 0 amide bonds. The molecule has 6 heteroatoms. The quantitative estimate of drug-likeness (QED) is 0.836. The van der Waals surface area contributed by atoms with Crippen LogP contribution in [0.2, 0.25) is 0 Å². The predicted molar refractivity (Wildman–Crippen MR) is 65.8 cm³/mol. The minimum Gasteiger partial charge on any atom is -0.469 e. The Morgan fingerprint density at radius 1 is 1.32 bits per heavy atom. The van der Waals surface area contributed by atoms with Gasteiger partial charge in [0.05, 0.1) is 19.1 Å². The fraction of sp³-hybridized carbons (Fsp3) is 0.462. The summed E-state index contributed by atoms with van der Waals surface area (Å²) in [5.41, 5.74) is -0.150. The molecule has 1 unspecified atom stereocenters. The molecule has 0 bridgehead atoms. The number of carbonyl (C=O) groups is 1. The normalized spacial score (nSPS) is 12.9. The molecule has 19 heavy (non-hydrogen) atoms. The Morgan fingerprint density at radius 3 is 2.32 bits per heavy atom. The van der Waals surface area contributed by atoms with Crippen LogP contribution in [-0.2, 0) is 15.7 Å². The maximum Gasteiger partial charge on any atom is 0.416 e. The lowest BCUT2D eigenvalue weighted by Gasteiger charge is -2.17. The summed E-state index contributed by atoms with van der Waals surface area (Å²) in [5, 5.41) is 3.00. The molecule has 0 spiro atoms. The van der Waals surface area contributed by atoms with Crippen molar-refractivity contribution < 1.29 is 22.7 Å². The van der Waals surface area contributed by atoms with E-state index in [0.29, 0.717) is 12.1 Å². The summed E-state index contributed by atoms with van der Waals surface area (Å²) < 4.78 is 41.7. The van der Waals surface area contributed by atoms with E-state index in [-0.39, 0.29) is 18.4 Å². The molecule has 0 aliphatic heterocycles. The maximum atomic E-state index is 12.4. The van der Waals surface area contributed by atoms with Crippen LogP contribution in [0.15, 0.2) is 24.3 Å². The zero-order valence-corrected chi connectivity index (χ0v) is 10.8. The Hall–Kier alpha value is -1.72. The molecule has 0 saturated heterocycles. The van der Waals surface area contributed by atoms with E-state index in [1.807, 2.05) is 6.92 Å². The van der Waals surface area contributed by atoms with Crippen LogP contribution in [0, 0.1) is 0 Å². The number of anilines is 1. The Balaban J connectivity index is 2.68. The number of carbonyl (C=O) groups excluding carboxylic acids is 1. The molecule has 1 atom stereocenters. The van der Waals surface area contributed by atoms with E-state index in [4.69, 9.17) is 0 Å². The van der Waals surface area contributed by atoms with E-state index in [9.17, 15) is 18.0 Å². The average Bonchev–Trinajstić information content (AvgIpc) is 2.37. The molecule has 0 heterocycles. The molecule has 0 aliphatic rings. The Bertz CT molecular complexity index is 415. The Labute approximate surface area is 109 Å². The van der Waals surface area contributed by atoms with Gasteiger partial charge in [0.1, 0.15) is 0 Å². The number of halogens is 3. The maximum absolute atomic E-state index is 12.4. The lowest BCUT2D eigenvalue weighted by Crippen LogP contribution is -2.23. The van der Waals surface area contributed by atoms with Gasteiger partial charge in [0.2, 0.25) is 0 Å². The summed E-state index contributed by atoms with van der Waals surface area (Å²) in [5.74, 6) is -0.355. The molecule has 1 aromatic rings. The third kappa shape index (κ3) is 4.81. The SMILES string of the molecule is CCC(CC(=O)OC)Nc1ccc(C(F)(F)F)cc1. The molecular weight excluding hydrogens is 259 g/mol. The largest absolute Gasteiger partial charge is 0.469 e. The predicted octanol–water partition coefficient (Wildman–Crippen LogP) is 3.46. The van der Waals surface area contributed by atoms with Crippen molar-refractivity contribution in [2.45, 2.75) is 32.0 Å². The van der Waals surface area contributed by atoms with Crippen molar-refractivity contribution in [1.29, 1.82) is 0 Å². The number of rotatable bonds is 5. The average molecular weight is 275 g/mol. The second kappa shape index (κ2) is 6.45. The minimum absolute atomic E-state index is 0.163. The topological polar surface area (TPSA) is 38.3 Å². The summed E-state index contributed by atoms with van der Waals surface area (Å²) in [4.78, 5) is 11.1. The second-order valence-corrected chi connectivity index (χ2v) is 4.10. The van der Waals surface area contributed by atoms with E-state index in [1.165, 1.54) is 19.2 Å².